The van der Waals surface area contributed by atoms with Gasteiger partial charge in [0.25, 0.3) is 0 Å². The summed E-state index contributed by atoms with van der Waals surface area (Å²) in [6.07, 6.45) is 2.05. The van der Waals surface area contributed by atoms with Crippen molar-refractivity contribution < 1.29 is 42.0 Å². The van der Waals surface area contributed by atoms with Crippen LogP contribution in [0.3, 0.4) is 0 Å². The molecule has 11 nitrogen and oxygen atoms in total. The number of rotatable bonds is 14. The first kappa shape index (κ1) is 37.1. The number of alkyl halides is 1. The number of hydrogen-bond donors (Lipinski definition) is 2. The molecule has 4 heterocycles. The zero-order chi connectivity index (χ0) is 37.1. The summed E-state index contributed by atoms with van der Waals surface area (Å²) in [6, 6.07) is 9.65. The van der Waals surface area contributed by atoms with E-state index in [1.807, 2.05) is 0 Å². The van der Waals surface area contributed by atoms with Gasteiger partial charge in [0.05, 0.1) is 18.8 Å². The van der Waals surface area contributed by atoms with Crippen molar-refractivity contribution in [3.05, 3.63) is 53.6 Å². The third-order valence-electron chi connectivity index (χ3n) is 10.8. The maximum absolute atomic E-state index is 17.4. The normalized spacial score (nSPS) is 22.0. The molecule has 3 fully saturated rings. The number of hydrogen-bond acceptors (Lipinski definition) is 10. The van der Waals surface area contributed by atoms with Crippen molar-refractivity contribution >= 4 is 33.5 Å². The monoisotopic (exact) mass is 737 g/mol. The van der Waals surface area contributed by atoms with Crippen molar-refractivity contribution in [2.75, 3.05) is 71.3 Å². The third-order valence-corrected chi connectivity index (χ3v) is 10.8. The van der Waals surface area contributed by atoms with Gasteiger partial charge in [-0.3, -0.25) is 9.69 Å². The highest BCUT2D eigenvalue weighted by atomic mass is 19.1. The van der Waals surface area contributed by atoms with Crippen molar-refractivity contribution in [1.29, 1.82) is 0 Å². The third kappa shape index (κ3) is 7.73. The maximum Gasteiger partial charge on any atom is 0.319 e. The van der Waals surface area contributed by atoms with E-state index in [0.717, 1.165) is 25.8 Å². The fourth-order valence-corrected chi connectivity index (χ4v) is 8.34. The predicted octanol–water partition coefficient (Wildman–Crippen LogP) is 5.88. The molecule has 3 saturated heterocycles. The van der Waals surface area contributed by atoms with Crippen molar-refractivity contribution in [2.45, 2.75) is 56.7 Å². The van der Waals surface area contributed by atoms with Crippen LogP contribution in [-0.4, -0.2) is 104 Å². The molecule has 3 aromatic carbocycles. The molecule has 284 valence electrons. The smallest absolute Gasteiger partial charge is 0.319 e. The Kier molecular flexibility index (Phi) is 11.2. The number of carbonyl (C=O) groups is 1. The van der Waals surface area contributed by atoms with E-state index >= 15 is 8.78 Å². The highest BCUT2D eigenvalue weighted by Crippen LogP contribution is 2.43. The van der Waals surface area contributed by atoms with Gasteiger partial charge in [-0.15, -0.1) is 0 Å². The van der Waals surface area contributed by atoms with Crippen molar-refractivity contribution in [3.8, 4) is 22.9 Å². The van der Waals surface area contributed by atoms with Gasteiger partial charge in [0.2, 0.25) is 0 Å². The Morgan fingerprint density at radius 1 is 1.11 bits per heavy atom. The second-order valence-corrected chi connectivity index (χ2v) is 14.4. The first-order chi connectivity index (χ1) is 25.7. The summed E-state index contributed by atoms with van der Waals surface area (Å²) in [5.41, 5.74) is 6.24. The van der Waals surface area contributed by atoms with Crippen molar-refractivity contribution in [2.24, 2.45) is 11.7 Å². The largest absolute Gasteiger partial charge is 0.481 e. The highest BCUT2D eigenvalue weighted by Gasteiger charge is 2.49. The maximum atomic E-state index is 17.4. The Labute approximate surface area is 306 Å². The molecule has 0 aliphatic carbocycles. The van der Waals surface area contributed by atoms with Gasteiger partial charge >= 0.3 is 12.0 Å². The summed E-state index contributed by atoms with van der Waals surface area (Å²) in [6.45, 7) is 3.81. The van der Waals surface area contributed by atoms with Crippen molar-refractivity contribution in [1.82, 2.24) is 14.9 Å². The van der Waals surface area contributed by atoms with Gasteiger partial charge < -0.3 is 34.7 Å². The first-order valence-electron chi connectivity index (χ1n) is 18.3. The lowest BCUT2D eigenvalue weighted by molar-refractivity contribution is -0.137. The second kappa shape index (κ2) is 16.0. The van der Waals surface area contributed by atoms with Gasteiger partial charge in [0, 0.05) is 56.5 Å². The van der Waals surface area contributed by atoms with E-state index in [9.17, 15) is 14.3 Å². The first-order valence-corrected chi connectivity index (χ1v) is 18.3. The number of carboxylic acids is 1. The van der Waals surface area contributed by atoms with Gasteiger partial charge in [-0.2, -0.15) is 9.97 Å². The van der Waals surface area contributed by atoms with Crippen molar-refractivity contribution in [3.63, 3.8) is 0 Å². The zero-order valence-corrected chi connectivity index (χ0v) is 29.9. The average molecular weight is 738 g/mol. The summed E-state index contributed by atoms with van der Waals surface area (Å²) in [4.78, 5) is 25.1. The van der Waals surface area contributed by atoms with E-state index in [1.165, 1.54) is 13.2 Å². The van der Waals surface area contributed by atoms with Crippen LogP contribution in [0.25, 0.3) is 32.8 Å². The molecule has 1 unspecified atom stereocenters. The van der Waals surface area contributed by atoms with E-state index in [0.29, 0.717) is 79.1 Å². The summed E-state index contributed by atoms with van der Waals surface area (Å²) in [5.74, 6) is -1.18. The number of nitrogens with two attached hydrogens (primary N) is 1. The van der Waals surface area contributed by atoms with Crippen LogP contribution in [0, 0.1) is 17.6 Å². The molecular formula is C39H46F3N5O6. The molecule has 3 aliphatic heterocycles. The van der Waals surface area contributed by atoms with Gasteiger partial charge in [-0.05, 0) is 91.4 Å². The molecule has 3 atom stereocenters. The number of aromatic nitrogens is 2. The van der Waals surface area contributed by atoms with Gasteiger partial charge in [0.15, 0.2) is 12.6 Å². The fraction of sp³-hybridized carbons (Fsp3) is 0.513. The minimum Gasteiger partial charge on any atom is -0.481 e. The van der Waals surface area contributed by atoms with Gasteiger partial charge in [-0.25, -0.2) is 13.2 Å². The number of benzene rings is 3. The lowest BCUT2D eigenvalue weighted by atomic mass is 9.91. The van der Waals surface area contributed by atoms with Crippen LogP contribution in [0.1, 0.15) is 44.1 Å². The summed E-state index contributed by atoms with van der Waals surface area (Å²) >= 11 is 0. The fourth-order valence-electron chi connectivity index (χ4n) is 8.34. The lowest BCUT2D eigenvalue weighted by Crippen LogP contribution is -2.43. The van der Waals surface area contributed by atoms with E-state index in [4.69, 9.17) is 29.7 Å². The summed E-state index contributed by atoms with van der Waals surface area (Å²) in [7, 11) is 1.49. The van der Waals surface area contributed by atoms with Crippen LogP contribution in [0.2, 0.25) is 0 Å². The number of ether oxygens (including phenoxy) is 4. The van der Waals surface area contributed by atoms with E-state index in [2.05, 4.69) is 14.8 Å². The number of nitrogens with zero attached hydrogens (tertiary/aromatic N) is 4. The minimum absolute atomic E-state index is 0.0128. The Bertz CT molecular complexity index is 1970. The number of carboxylic acid groups (broad SMARTS) is 1. The van der Waals surface area contributed by atoms with Crippen LogP contribution >= 0.6 is 0 Å². The van der Waals surface area contributed by atoms with Crippen LogP contribution < -0.4 is 20.1 Å². The Morgan fingerprint density at radius 3 is 2.79 bits per heavy atom. The summed E-state index contributed by atoms with van der Waals surface area (Å²) in [5, 5.41) is 10.8. The van der Waals surface area contributed by atoms with E-state index in [1.54, 1.807) is 30.3 Å². The van der Waals surface area contributed by atoms with Crippen LogP contribution in [0.15, 0.2) is 36.4 Å². The molecule has 0 spiro atoms. The quantitative estimate of drug-likeness (QED) is 0.151. The number of aryl methyl sites for hydroxylation is 1. The molecule has 0 amide bonds. The molecule has 0 radical (unpaired) electrons. The molecule has 3 N–H and O–H groups in total. The molecule has 4 aromatic rings. The number of fused-ring (bicyclic) bond motifs is 3. The van der Waals surface area contributed by atoms with Crippen LogP contribution in [0.5, 0.6) is 11.8 Å². The van der Waals surface area contributed by atoms with Crippen LogP contribution in [0.4, 0.5) is 19.0 Å². The zero-order valence-electron chi connectivity index (χ0n) is 29.9. The van der Waals surface area contributed by atoms with E-state index in [-0.39, 0.29) is 61.2 Å². The molecule has 3 aliphatic rings. The van der Waals surface area contributed by atoms with Gasteiger partial charge in [0.1, 0.15) is 35.7 Å². The number of anilines is 1. The minimum atomic E-state index is -0.988. The molecule has 53 heavy (non-hydrogen) atoms. The Morgan fingerprint density at radius 2 is 1.98 bits per heavy atom. The topological polar surface area (TPSA) is 132 Å². The number of aliphatic carboxylic acids is 1. The highest BCUT2D eigenvalue weighted by molar-refractivity contribution is 6.03. The second-order valence-electron chi connectivity index (χ2n) is 14.4. The lowest BCUT2D eigenvalue weighted by Gasteiger charge is -2.31. The SMILES string of the molecule is COCOc1cc(-c2ccc3c(N4CCOCC(CCN)C4)nc(OC[C@@]45CCCN4C[C@H](F)C5)nc3c2F)c2c(CCCC(=O)O)c(F)ccc2c1. The number of halogens is 3. The molecule has 0 bridgehead atoms. The van der Waals surface area contributed by atoms with Crippen LogP contribution in [-0.2, 0) is 20.7 Å². The molecular weight excluding hydrogens is 691 g/mol. The number of methoxy groups -OCH3 is 1. The molecule has 7 rings (SSSR count). The summed E-state index contributed by atoms with van der Waals surface area (Å²) < 4.78 is 70.7. The average Bonchev–Trinajstić information content (AvgIpc) is 3.56. The Balaban J connectivity index is 1.37. The standard InChI is InChI=1S/C39H46F3N5O6/c1-50-23-53-27-16-25-6-9-32(41)29(4-2-5-33(48)49)34(25)31(17-27)28-7-8-30-36(35(28)42)44-38(52-22-39-11-3-13-47(39)20-26(40)18-39)45-37(30)46-14-15-51-21-24(19-46)10-12-43/h6-9,16-17,24,26H,2-5,10-15,18-23,43H2,1H3,(H,48,49)/t24?,26-,39+/m1/s1. The molecule has 14 heteroatoms. The molecule has 1 aromatic heterocycles. The van der Waals surface area contributed by atoms with E-state index < -0.39 is 29.3 Å². The molecule has 0 saturated carbocycles. The van der Waals surface area contributed by atoms with Gasteiger partial charge in [-0.1, -0.05) is 12.1 Å². The Hall–Kier alpha value is -4.24. The predicted molar refractivity (Wildman–Crippen MR) is 194 cm³/mol.